The van der Waals surface area contributed by atoms with Crippen LogP contribution in [0.2, 0.25) is 0 Å². The Morgan fingerprint density at radius 3 is 2.35 bits per heavy atom. The first kappa shape index (κ1) is 28.8. The molecule has 3 saturated heterocycles. The largest absolute Gasteiger partial charge is 0.444 e. The van der Waals surface area contributed by atoms with Gasteiger partial charge < -0.3 is 9.64 Å². The summed E-state index contributed by atoms with van der Waals surface area (Å²) in [6, 6.07) is 9.47. The molecule has 12 heteroatoms. The van der Waals surface area contributed by atoms with E-state index in [0.717, 1.165) is 5.75 Å². The lowest BCUT2D eigenvalue weighted by molar-refractivity contribution is -0.141. The van der Waals surface area contributed by atoms with Crippen molar-refractivity contribution in [2.45, 2.75) is 69.8 Å². The molecule has 0 saturated carbocycles. The van der Waals surface area contributed by atoms with Crippen molar-refractivity contribution in [3.05, 3.63) is 47.8 Å². The monoisotopic (exact) mass is 579 g/mol. The van der Waals surface area contributed by atoms with Gasteiger partial charge in [-0.05, 0) is 71.3 Å². The van der Waals surface area contributed by atoms with Crippen LogP contribution in [0.15, 0.2) is 36.4 Å². The fourth-order valence-corrected chi connectivity index (χ4v) is 6.75. The highest BCUT2D eigenvalue weighted by atomic mass is 32.2. The van der Waals surface area contributed by atoms with Crippen molar-refractivity contribution in [3.8, 4) is 5.69 Å². The number of thioether (sulfide) groups is 1. The molecular weight excluding hydrogens is 543 g/mol. The predicted molar refractivity (Wildman–Crippen MR) is 146 cm³/mol. The van der Waals surface area contributed by atoms with Gasteiger partial charge in [0.2, 0.25) is 5.91 Å². The number of hydrogen-bond donors (Lipinski definition) is 0. The highest BCUT2D eigenvalue weighted by Crippen LogP contribution is 2.37. The molecule has 4 heterocycles. The second kappa shape index (κ2) is 11.3. The standard InChI is InChI=1S/C28H36F3N5O3S/c1-27(2,3)39-26(38)35-17-21(15-23(35)25(37)34-13-14-40-18-34)33-11-9-19(10-12-33)22-16-24(28(29,30)31)32-36(22)20-7-5-4-6-8-20/h4-8,16,19,21,23H,9-15,17-18H2,1-3H3/t21-,23-/m0/s1. The van der Waals surface area contributed by atoms with E-state index in [1.807, 2.05) is 31.7 Å². The van der Waals surface area contributed by atoms with Crippen molar-refractivity contribution in [3.63, 3.8) is 0 Å². The second-order valence-corrected chi connectivity index (χ2v) is 12.8. The number of piperidine rings is 1. The molecule has 0 aliphatic carbocycles. The average Bonchev–Trinajstić information content (AvgIpc) is 3.67. The van der Waals surface area contributed by atoms with Crippen molar-refractivity contribution < 1.29 is 27.5 Å². The third-order valence-corrected chi connectivity index (χ3v) is 8.71. The van der Waals surface area contributed by atoms with E-state index in [1.54, 1.807) is 40.9 Å². The SMILES string of the molecule is CC(C)(C)OC(=O)N1C[C@@H](N2CCC(c3cc(C(F)(F)F)nn3-c3ccccc3)CC2)C[C@H]1C(=O)N1CCSC1. The van der Waals surface area contributed by atoms with E-state index >= 15 is 0 Å². The molecule has 2 aromatic rings. The number of para-hydroxylation sites is 1. The van der Waals surface area contributed by atoms with E-state index in [-0.39, 0.29) is 17.9 Å². The van der Waals surface area contributed by atoms with Gasteiger partial charge in [0.1, 0.15) is 11.6 Å². The molecule has 3 fully saturated rings. The number of hydrogen-bond acceptors (Lipinski definition) is 6. The van der Waals surface area contributed by atoms with Crippen LogP contribution in [0.1, 0.15) is 57.3 Å². The number of rotatable bonds is 4. The van der Waals surface area contributed by atoms with Gasteiger partial charge in [0.05, 0.1) is 11.6 Å². The minimum Gasteiger partial charge on any atom is -0.444 e. The summed E-state index contributed by atoms with van der Waals surface area (Å²) < 4.78 is 47.8. The van der Waals surface area contributed by atoms with E-state index < -0.39 is 29.6 Å². The minimum atomic E-state index is -4.53. The van der Waals surface area contributed by atoms with E-state index in [9.17, 15) is 22.8 Å². The molecule has 1 aromatic carbocycles. The van der Waals surface area contributed by atoms with Crippen molar-refractivity contribution in [1.29, 1.82) is 0 Å². The van der Waals surface area contributed by atoms with Gasteiger partial charge in [-0.1, -0.05) is 18.2 Å². The molecule has 0 spiro atoms. The van der Waals surface area contributed by atoms with Crippen molar-refractivity contribution in [2.75, 3.05) is 37.8 Å². The Hall–Kier alpha value is -2.73. The lowest BCUT2D eigenvalue weighted by atomic mass is 9.91. The maximum Gasteiger partial charge on any atom is 0.435 e. The molecule has 0 N–H and O–H groups in total. The first-order valence-corrected chi connectivity index (χ1v) is 14.9. The Morgan fingerprint density at radius 2 is 1.75 bits per heavy atom. The number of nitrogens with zero attached hydrogens (tertiary/aromatic N) is 5. The molecule has 40 heavy (non-hydrogen) atoms. The van der Waals surface area contributed by atoms with Crippen LogP contribution in [-0.4, -0.2) is 92.0 Å². The van der Waals surface area contributed by atoms with Crippen LogP contribution in [0.25, 0.3) is 5.69 Å². The second-order valence-electron chi connectivity index (χ2n) is 11.7. The molecule has 218 valence electrons. The number of alkyl halides is 3. The third kappa shape index (κ3) is 6.27. The molecule has 1 aromatic heterocycles. The number of aromatic nitrogens is 2. The number of carbonyl (C=O) groups is 2. The highest BCUT2D eigenvalue weighted by molar-refractivity contribution is 7.99. The number of likely N-dealkylation sites (tertiary alicyclic amines) is 2. The van der Waals surface area contributed by atoms with Gasteiger partial charge in [0, 0.05) is 36.5 Å². The van der Waals surface area contributed by atoms with E-state index in [1.165, 1.54) is 10.7 Å². The molecule has 8 nitrogen and oxygen atoms in total. The first-order valence-electron chi connectivity index (χ1n) is 13.7. The number of halogens is 3. The van der Waals surface area contributed by atoms with Crippen LogP contribution in [0.3, 0.4) is 0 Å². The van der Waals surface area contributed by atoms with Gasteiger partial charge in [0.25, 0.3) is 0 Å². The topological polar surface area (TPSA) is 70.9 Å². The van der Waals surface area contributed by atoms with Crippen LogP contribution in [0, 0.1) is 0 Å². The van der Waals surface area contributed by atoms with Gasteiger partial charge in [-0.25, -0.2) is 9.48 Å². The van der Waals surface area contributed by atoms with Crippen LogP contribution in [-0.2, 0) is 15.7 Å². The van der Waals surface area contributed by atoms with Crippen molar-refractivity contribution in [1.82, 2.24) is 24.5 Å². The maximum atomic E-state index is 13.6. The Kier molecular flexibility index (Phi) is 8.11. The predicted octanol–water partition coefficient (Wildman–Crippen LogP) is 4.98. The molecule has 2 atom stereocenters. The van der Waals surface area contributed by atoms with Crippen LogP contribution in [0.4, 0.5) is 18.0 Å². The fraction of sp³-hybridized carbons (Fsp3) is 0.607. The Bertz CT molecular complexity index is 1200. The molecular formula is C28H36F3N5O3S. The number of ether oxygens (including phenoxy) is 1. The molecule has 3 aliphatic rings. The summed E-state index contributed by atoms with van der Waals surface area (Å²) in [5.41, 5.74) is -0.416. The molecule has 0 bridgehead atoms. The summed E-state index contributed by atoms with van der Waals surface area (Å²) >= 11 is 1.70. The zero-order valence-electron chi connectivity index (χ0n) is 23.1. The molecule has 0 radical (unpaired) electrons. The summed E-state index contributed by atoms with van der Waals surface area (Å²) in [6.07, 6.45) is -3.19. The van der Waals surface area contributed by atoms with Crippen LogP contribution >= 0.6 is 11.8 Å². The Morgan fingerprint density at radius 1 is 1.05 bits per heavy atom. The lowest BCUT2D eigenvalue weighted by Gasteiger charge is -2.36. The summed E-state index contributed by atoms with van der Waals surface area (Å²) in [5.74, 6) is 1.38. The van der Waals surface area contributed by atoms with E-state index in [4.69, 9.17) is 4.74 Å². The smallest absolute Gasteiger partial charge is 0.435 e. The Labute approximate surface area is 236 Å². The Balaban J connectivity index is 1.31. The third-order valence-electron chi connectivity index (χ3n) is 7.75. The maximum absolute atomic E-state index is 13.6. The van der Waals surface area contributed by atoms with Gasteiger partial charge in [-0.2, -0.15) is 18.3 Å². The molecule has 5 rings (SSSR count). The van der Waals surface area contributed by atoms with Gasteiger partial charge in [-0.3, -0.25) is 14.6 Å². The van der Waals surface area contributed by atoms with E-state index in [0.29, 0.717) is 62.7 Å². The molecule has 2 amide bonds. The summed E-state index contributed by atoms with van der Waals surface area (Å²) in [6.45, 7) is 7.79. The summed E-state index contributed by atoms with van der Waals surface area (Å²) in [5, 5.41) is 3.93. The van der Waals surface area contributed by atoms with Crippen molar-refractivity contribution in [2.24, 2.45) is 0 Å². The van der Waals surface area contributed by atoms with Gasteiger partial charge in [-0.15, -0.1) is 11.8 Å². The average molecular weight is 580 g/mol. The summed E-state index contributed by atoms with van der Waals surface area (Å²) in [7, 11) is 0. The van der Waals surface area contributed by atoms with Gasteiger partial charge >= 0.3 is 12.3 Å². The fourth-order valence-electron chi connectivity index (χ4n) is 5.79. The van der Waals surface area contributed by atoms with E-state index in [2.05, 4.69) is 10.00 Å². The lowest BCUT2D eigenvalue weighted by Crippen LogP contribution is -2.48. The van der Waals surface area contributed by atoms with Crippen LogP contribution in [0.5, 0.6) is 0 Å². The molecule has 0 unspecified atom stereocenters. The van der Waals surface area contributed by atoms with Crippen LogP contribution < -0.4 is 0 Å². The number of amides is 2. The quantitative estimate of drug-likeness (QED) is 0.509. The number of benzene rings is 1. The zero-order chi connectivity index (χ0) is 28.7. The highest BCUT2D eigenvalue weighted by Gasteiger charge is 2.46. The first-order chi connectivity index (χ1) is 18.9. The summed E-state index contributed by atoms with van der Waals surface area (Å²) in [4.78, 5) is 32.2. The zero-order valence-corrected chi connectivity index (χ0v) is 23.9. The van der Waals surface area contributed by atoms with Crippen molar-refractivity contribution >= 4 is 23.8 Å². The normalized spacial score (nSPS) is 23.1. The molecule has 3 aliphatic heterocycles. The number of carbonyl (C=O) groups excluding carboxylic acids is 2. The minimum absolute atomic E-state index is 0.0255. The van der Waals surface area contributed by atoms with Gasteiger partial charge in [0.15, 0.2) is 5.69 Å².